The van der Waals surface area contributed by atoms with Crippen LogP contribution in [0.4, 0.5) is 11.4 Å². The third kappa shape index (κ3) is 4.53. The summed E-state index contributed by atoms with van der Waals surface area (Å²) in [6.45, 7) is 1.62. The van der Waals surface area contributed by atoms with Crippen LogP contribution in [0.5, 0.6) is 0 Å². The molecule has 2 amide bonds. The second-order valence-corrected chi connectivity index (χ2v) is 9.58. The lowest BCUT2D eigenvalue weighted by molar-refractivity contribution is 0.0997. The van der Waals surface area contributed by atoms with E-state index in [4.69, 9.17) is 5.73 Å². The summed E-state index contributed by atoms with van der Waals surface area (Å²) in [4.78, 5) is 32.1. The number of para-hydroxylation sites is 2. The molecule has 5 rings (SSSR count). The number of thiazole rings is 1. The first-order chi connectivity index (χ1) is 16.1. The molecule has 1 fully saturated rings. The number of anilines is 2. The van der Waals surface area contributed by atoms with E-state index in [-0.39, 0.29) is 11.9 Å². The highest BCUT2D eigenvalue weighted by atomic mass is 32.1. The quantitative estimate of drug-likeness (QED) is 0.431. The molecule has 168 valence electrons. The van der Waals surface area contributed by atoms with Crippen molar-refractivity contribution >= 4 is 45.9 Å². The molecule has 4 aromatic rings. The van der Waals surface area contributed by atoms with Crippen LogP contribution in [0.2, 0.25) is 0 Å². The Morgan fingerprint density at radius 3 is 2.64 bits per heavy atom. The zero-order valence-electron chi connectivity index (χ0n) is 17.7. The van der Waals surface area contributed by atoms with Gasteiger partial charge in [0.15, 0.2) is 0 Å². The summed E-state index contributed by atoms with van der Waals surface area (Å²) in [5, 5.41) is 12.0. The Morgan fingerprint density at radius 2 is 1.91 bits per heavy atom. The standard InChI is InChI=1S/C23H22N6O2S2/c24-21(30)15-12-25-29(13-15)16-7-9-28(10-8-16)19-5-2-1-4-17(19)26-22(31)18-14-33-23(27-18)20-6-3-11-32-20/h1-6,11-14,16H,7-10H2,(H2,24,30)(H,26,31). The molecule has 0 radical (unpaired) electrons. The molecule has 0 atom stereocenters. The Labute approximate surface area is 198 Å². The highest BCUT2D eigenvalue weighted by molar-refractivity contribution is 7.20. The number of nitrogens with two attached hydrogens (primary N) is 1. The lowest BCUT2D eigenvalue weighted by Gasteiger charge is -2.34. The van der Waals surface area contributed by atoms with Crippen LogP contribution in [0, 0.1) is 0 Å². The summed E-state index contributed by atoms with van der Waals surface area (Å²) >= 11 is 3.08. The maximum atomic E-state index is 12.9. The SMILES string of the molecule is NC(=O)c1cnn(C2CCN(c3ccccc3NC(=O)c3csc(-c4cccs4)n3)CC2)c1. The third-order valence-corrected chi connectivity index (χ3v) is 7.57. The van der Waals surface area contributed by atoms with Crippen molar-refractivity contribution in [3.8, 4) is 9.88 Å². The zero-order chi connectivity index (χ0) is 22.8. The Hall–Kier alpha value is -3.50. The maximum absolute atomic E-state index is 12.9. The summed E-state index contributed by atoms with van der Waals surface area (Å²) in [5.74, 6) is -0.683. The van der Waals surface area contributed by atoms with Crippen LogP contribution in [-0.4, -0.2) is 39.7 Å². The van der Waals surface area contributed by atoms with Gasteiger partial charge in [0.05, 0.1) is 34.1 Å². The molecule has 10 heteroatoms. The Balaban J connectivity index is 1.26. The van der Waals surface area contributed by atoms with E-state index in [0.29, 0.717) is 11.3 Å². The molecule has 1 aromatic carbocycles. The fraction of sp³-hybridized carbons (Fsp3) is 0.217. The number of nitrogens with one attached hydrogen (secondary N) is 1. The predicted molar refractivity (Wildman–Crippen MR) is 131 cm³/mol. The molecule has 1 aliphatic rings. The van der Waals surface area contributed by atoms with E-state index in [2.05, 4.69) is 20.3 Å². The van der Waals surface area contributed by atoms with Gasteiger partial charge in [0.1, 0.15) is 10.7 Å². The number of amides is 2. The van der Waals surface area contributed by atoms with Crippen LogP contribution in [0.25, 0.3) is 9.88 Å². The first-order valence-electron chi connectivity index (χ1n) is 10.6. The lowest BCUT2D eigenvalue weighted by Crippen LogP contribution is -2.35. The highest BCUT2D eigenvalue weighted by Crippen LogP contribution is 2.32. The number of aromatic nitrogens is 3. The van der Waals surface area contributed by atoms with Gasteiger partial charge < -0.3 is 16.0 Å². The number of hydrogen-bond donors (Lipinski definition) is 2. The lowest BCUT2D eigenvalue weighted by atomic mass is 10.0. The molecule has 0 spiro atoms. The third-order valence-electron chi connectivity index (χ3n) is 5.69. The molecule has 1 saturated heterocycles. The molecular weight excluding hydrogens is 456 g/mol. The minimum Gasteiger partial charge on any atom is -0.370 e. The summed E-state index contributed by atoms with van der Waals surface area (Å²) in [6.07, 6.45) is 4.98. The monoisotopic (exact) mass is 478 g/mol. The van der Waals surface area contributed by atoms with E-state index in [1.165, 1.54) is 17.5 Å². The largest absolute Gasteiger partial charge is 0.370 e. The number of primary amides is 1. The van der Waals surface area contributed by atoms with E-state index >= 15 is 0 Å². The summed E-state index contributed by atoms with van der Waals surface area (Å²) < 4.78 is 1.83. The Kier molecular flexibility index (Phi) is 5.93. The van der Waals surface area contributed by atoms with Crippen molar-refractivity contribution in [2.75, 3.05) is 23.3 Å². The fourth-order valence-electron chi connectivity index (χ4n) is 3.97. The van der Waals surface area contributed by atoms with Crippen molar-refractivity contribution in [3.05, 3.63) is 70.8 Å². The second-order valence-electron chi connectivity index (χ2n) is 7.78. The van der Waals surface area contributed by atoms with E-state index in [1.54, 1.807) is 22.9 Å². The van der Waals surface area contributed by atoms with Crippen LogP contribution in [-0.2, 0) is 0 Å². The fourth-order valence-corrected chi connectivity index (χ4v) is 5.58. The van der Waals surface area contributed by atoms with Gasteiger partial charge in [-0.2, -0.15) is 5.10 Å². The van der Waals surface area contributed by atoms with E-state index in [1.807, 2.05) is 46.5 Å². The first-order valence-corrected chi connectivity index (χ1v) is 12.3. The van der Waals surface area contributed by atoms with E-state index in [0.717, 1.165) is 47.2 Å². The molecular formula is C23H22N6O2S2. The molecule has 0 aliphatic carbocycles. The topological polar surface area (TPSA) is 106 Å². The summed E-state index contributed by atoms with van der Waals surface area (Å²) in [5.41, 5.74) is 7.93. The molecule has 3 aromatic heterocycles. The minimum atomic E-state index is -0.467. The smallest absolute Gasteiger partial charge is 0.275 e. The molecule has 4 heterocycles. The number of nitrogens with zero attached hydrogens (tertiary/aromatic N) is 4. The van der Waals surface area contributed by atoms with Gasteiger partial charge in [-0.25, -0.2) is 4.98 Å². The molecule has 0 saturated carbocycles. The molecule has 33 heavy (non-hydrogen) atoms. The normalized spacial score (nSPS) is 14.4. The molecule has 8 nitrogen and oxygen atoms in total. The van der Waals surface area contributed by atoms with Gasteiger partial charge in [0, 0.05) is 24.7 Å². The average molecular weight is 479 g/mol. The van der Waals surface area contributed by atoms with E-state index < -0.39 is 5.91 Å². The van der Waals surface area contributed by atoms with Gasteiger partial charge in [0.2, 0.25) is 0 Å². The number of carbonyl (C=O) groups is 2. The van der Waals surface area contributed by atoms with Crippen LogP contribution in [0.3, 0.4) is 0 Å². The number of thiophene rings is 1. The average Bonchev–Trinajstić information content (AvgIpc) is 3.61. The van der Waals surface area contributed by atoms with Crippen molar-refractivity contribution in [2.24, 2.45) is 5.73 Å². The minimum absolute atomic E-state index is 0.210. The Bertz CT molecular complexity index is 1270. The second kappa shape index (κ2) is 9.16. The maximum Gasteiger partial charge on any atom is 0.275 e. The van der Waals surface area contributed by atoms with Crippen molar-refractivity contribution < 1.29 is 9.59 Å². The van der Waals surface area contributed by atoms with Gasteiger partial charge in [0.25, 0.3) is 11.8 Å². The van der Waals surface area contributed by atoms with Crippen LogP contribution < -0.4 is 16.0 Å². The highest BCUT2D eigenvalue weighted by Gasteiger charge is 2.24. The zero-order valence-corrected chi connectivity index (χ0v) is 19.3. The molecule has 3 N–H and O–H groups in total. The van der Waals surface area contributed by atoms with Gasteiger partial charge >= 0.3 is 0 Å². The van der Waals surface area contributed by atoms with Crippen LogP contribution >= 0.6 is 22.7 Å². The van der Waals surface area contributed by atoms with Crippen molar-refractivity contribution in [1.29, 1.82) is 0 Å². The predicted octanol–water partition coefficient (Wildman–Crippen LogP) is 4.26. The van der Waals surface area contributed by atoms with Crippen molar-refractivity contribution in [2.45, 2.75) is 18.9 Å². The van der Waals surface area contributed by atoms with Crippen LogP contribution in [0.1, 0.15) is 39.7 Å². The number of carbonyl (C=O) groups excluding carboxylic acids is 2. The van der Waals surface area contributed by atoms with Gasteiger partial charge in [-0.15, -0.1) is 22.7 Å². The van der Waals surface area contributed by atoms with Gasteiger partial charge in [-0.05, 0) is 36.4 Å². The molecule has 1 aliphatic heterocycles. The number of hydrogen-bond acceptors (Lipinski definition) is 7. The number of benzene rings is 1. The molecule has 0 bridgehead atoms. The first kappa shape index (κ1) is 21.4. The van der Waals surface area contributed by atoms with Crippen molar-refractivity contribution in [1.82, 2.24) is 14.8 Å². The summed E-state index contributed by atoms with van der Waals surface area (Å²) in [6, 6.07) is 12.0. The van der Waals surface area contributed by atoms with Gasteiger partial charge in [-0.1, -0.05) is 18.2 Å². The number of piperidine rings is 1. The van der Waals surface area contributed by atoms with Crippen LogP contribution in [0.15, 0.2) is 59.6 Å². The molecule has 0 unspecified atom stereocenters. The van der Waals surface area contributed by atoms with Crippen molar-refractivity contribution in [3.63, 3.8) is 0 Å². The number of rotatable bonds is 6. The summed E-state index contributed by atoms with van der Waals surface area (Å²) in [7, 11) is 0. The Morgan fingerprint density at radius 1 is 1.09 bits per heavy atom. The van der Waals surface area contributed by atoms with E-state index in [9.17, 15) is 9.59 Å². The van der Waals surface area contributed by atoms with Gasteiger partial charge in [-0.3, -0.25) is 14.3 Å².